The third kappa shape index (κ3) is 5.88. The minimum Gasteiger partial charge on any atom is -0.379 e. The molecule has 0 saturated carbocycles. The summed E-state index contributed by atoms with van der Waals surface area (Å²) in [6, 6.07) is 12.5. The van der Waals surface area contributed by atoms with Crippen LogP contribution in [0.4, 0.5) is 14.5 Å². The maximum atomic E-state index is 12.6. The number of carbonyl (C=O) groups is 1. The van der Waals surface area contributed by atoms with E-state index in [2.05, 4.69) is 5.32 Å². The van der Waals surface area contributed by atoms with Crippen LogP contribution < -0.4 is 5.32 Å². The van der Waals surface area contributed by atoms with Crippen molar-refractivity contribution in [3.63, 3.8) is 0 Å². The van der Waals surface area contributed by atoms with E-state index in [1.807, 2.05) is 0 Å². The van der Waals surface area contributed by atoms with Crippen molar-refractivity contribution in [1.82, 2.24) is 4.31 Å². The number of carbonyl (C=O) groups excluding carboxylic acids is 1. The molecule has 1 saturated heterocycles. The molecule has 6 nitrogen and oxygen atoms in total. The molecule has 1 amide bonds. The lowest BCUT2D eigenvalue weighted by molar-refractivity contribution is -0.111. The molecule has 1 aliphatic rings. The molecule has 1 aliphatic heterocycles. The molecule has 0 spiro atoms. The van der Waals surface area contributed by atoms with Crippen LogP contribution in [0.5, 0.6) is 0 Å². The monoisotopic (exact) mass is 454 g/mol. The number of anilines is 1. The van der Waals surface area contributed by atoms with Crippen LogP contribution in [0.25, 0.3) is 6.08 Å². The number of para-hydroxylation sites is 1. The Labute approximate surface area is 178 Å². The average Bonchev–Trinajstić information content (AvgIpc) is 2.74. The number of thioether (sulfide) groups is 1. The van der Waals surface area contributed by atoms with Crippen LogP contribution in [-0.4, -0.2) is 50.7 Å². The lowest BCUT2D eigenvalue weighted by Crippen LogP contribution is -2.40. The van der Waals surface area contributed by atoms with Crippen molar-refractivity contribution in [3.05, 3.63) is 60.2 Å². The Bertz CT molecular complexity index is 1010. The minimum absolute atomic E-state index is 0.170. The van der Waals surface area contributed by atoms with E-state index < -0.39 is 21.7 Å². The third-order valence-electron chi connectivity index (χ3n) is 4.28. The van der Waals surface area contributed by atoms with Gasteiger partial charge in [0.25, 0.3) is 5.76 Å². The van der Waals surface area contributed by atoms with E-state index in [4.69, 9.17) is 4.74 Å². The van der Waals surface area contributed by atoms with E-state index in [0.717, 1.165) is 0 Å². The van der Waals surface area contributed by atoms with Crippen LogP contribution in [0.15, 0.2) is 64.4 Å². The van der Waals surface area contributed by atoms with Gasteiger partial charge in [-0.1, -0.05) is 36.0 Å². The van der Waals surface area contributed by atoms with Gasteiger partial charge >= 0.3 is 0 Å². The first-order valence-corrected chi connectivity index (χ1v) is 11.4. The van der Waals surface area contributed by atoms with Crippen molar-refractivity contribution in [2.45, 2.75) is 15.5 Å². The number of alkyl halides is 2. The predicted octanol–water partition coefficient (Wildman–Crippen LogP) is 3.67. The van der Waals surface area contributed by atoms with Crippen LogP contribution >= 0.6 is 11.8 Å². The van der Waals surface area contributed by atoms with Crippen molar-refractivity contribution < 1.29 is 26.7 Å². The Morgan fingerprint density at radius 3 is 2.43 bits per heavy atom. The summed E-state index contributed by atoms with van der Waals surface area (Å²) < 4.78 is 57.0. The second kappa shape index (κ2) is 10.2. The van der Waals surface area contributed by atoms with Gasteiger partial charge in [0.05, 0.1) is 23.8 Å². The first-order valence-electron chi connectivity index (χ1n) is 9.07. The fourth-order valence-corrected chi connectivity index (χ4v) is 4.80. The highest BCUT2D eigenvalue weighted by atomic mass is 32.2. The Kier molecular flexibility index (Phi) is 7.59. The number of hydrogen-bond acceptors (Lipinski definition) is 5. The molecule has 30 heavy (non-hydrogen) atoms. The largest absolute Gasteiger partial charge is 0.379 e. The number of amides is 1. The van der Waals surface area contributed by atoms with Crippen molar-refractivity contribution in [3.8, 4) is 0 Å². The number of hydrogen-bond donors (Lipinski definition) is 1. The van der Waals surface area contributed by atoms with Crippen molar-refractivity contribution in [2.24, 2.45) is 0 Å². The number of sulfonamides is 1. The molecule has 160 valence electrons. The Hall–Kier alpha value is -2.27. The summed E-state index contributed by atoms with van der Waals surface area (Å²) in [7, 11) is -3.58. The van der Waals surface area contributed by atoms with E-state index >= 15 is 0 Å². The molecule has 2 aromatic rings. The van der Waals surface area contributed by atoms with Gasteiger partial charge in [-0.05, 0) is 35.9 Å². The summed E-state index contributed by atoms with van der Waals surface area (Å²) >= 11 is 0.356. The van der Waals surface area contributed by atoms with Crippen molar-refractivity contribution >= 4 is 39.5 Å². The number of halogens is 2. The summed E-state index contributed by atoms with van der Waals surface area (Å²) in [6.45, 7) is 1.37. The molecule has 10 heteroatoms. The standard InChI is InChI=1S/C20H20F2N2O4S2/c21-20(22)29-18-4-2-1-3-17(18)23-19(25)10-7-15-5-8-16(9-6-15)30(26,27)24-11-13-28-14-12-24/h1-10,20H,11-14H2,(H,23,25)/b10-7+. The van der Waals surface area contributed by atoms with Gasteiger partial charge in [-0.3, -0.25) is 4.79 Å². The Morgan fingerprint density at radius 2 is 1.77 bits per heavy atom. The molecule has 2 aromatic carbocycles. The van der Waals surface area contributed by atoms with Crippen molar-refractivity contribution in [2.75, 3.05) is 31.6 Å². The highest BCUT2D eigenvalue weighted by molar-refractivity contribution is 7.99. The van der Waals surface area contributed by atoms with E-state index in [-0.39, 0.29) is 9.79 Å². The second-order valence-electron chi connectivity index (χ2n) is 6.28. The maximum Gasteiger partial charge on any atom is 0.288 e. The van der Waals surface area contributed by atoms with E-state index in [1.165, 1.54) is 34.7 Å². The summed E-state index contributed by atoms with van der Waals surface area (Å²) in [5, 5.41) is 2.57. The van der Waals surface area contributed by atoms with Crippen molar-refractivity contribution in [1.29, 1.82) is 0 Å². The molecule has 1 fully saturated rings. The highest BCUT2D eigenvalue weighted by Gasteiger charge is 2.25. The van der Waals surface area contributed by atoms with Gasteiger partial charge in [-0.2, -0.15) is 13.1 Å². The zero-order chi connectivity index (χ0) is 21.6. The van der Waals surface area contributed by atoms with E-state index in [9.17, 15) is 22.0 Å². The predicted molar refractivity (Wildman–Crippen MR) is 112 cm³/mol. The number of rotatable bonds is 7. The molecule has 0 bridgehead atoms. The number of ether oxygens (including phenoxy) is 1. The summed E-state index contributed by atoms with van der Waals surface area (Å²) in [4.78, 5) is 12.6. The molecule has 1 heterocycles. The summed E-state index contributed by atoms with van der Waals surface area (Å²) in [5.41, 5.74) is 0.922. The Morgan fingerprint density at radius 1 is 1.10 bits per heavy atom. The molecule has 0 atom stereocenters. The zero-order valence-electron chi connectivity index (χ0n) is 15.8. The van der Waals surface area contributed by atoms with E-state index in [0.29, 0.717) is 49.3 Å². The summed E-state index contributed by atoms with van der Waals surface area (Å²) in [6.07, 6.45) is 2.78. The average molecular weight is 455 g/mol. The van der Waals surface area contributed by atoms with Gasteiger partial charge in [0.2, 0.25) is 15.9 Å². The number of benzene rings is 2. The normalized spacial score (nSPS) is 15.6. The van der Waals surface area contributed by atoms with Crippen LogP contribution in [0.1, 0.15) is 5.56 Å². The first-order chi connectivity index (χ1) is 14.4. The number of nitrogens with zero attached hydrogens (tertiary/aromatic N) is 1. The van der Waals surface area contributed by atoms with Crippen LogP contribution in [0.3, 0.4) is 0 Å². The van der Waals surface area contributed by atoms with Crippen LogP contribution in [-0.2, 0) is 19.6 Å². The molecular formula is C20H20F2N2O4S2. The number of morpholine rings is 1. The number of nitrogens with one attached hydrogen (secondary N) is 1. The summed E-state index contributed by atoms with van der Waals surface area (Å²) in [5.74, 6) is -3.08. The van der Waals surface area contributed by atoms with Crippen LogP contribution in [0.2, 0.25) is 0 Å². The Balaban J connectivity index is 1.65. The molecular weight excluding hydrogens is 434 g/mol. The molecule has 1 N–H and O–H groups in total. The van der Waals surface area contributed by atoms with Gasteiger partial charge in [-0.25, -0.2) is 8.42 Å². The molecule has 0 unspecified atom stereocenters. The van der Waals surface area contributed by atoms with E-state index in [1.54, 1.807) is 30.3 Å². The highest BCUT2D eigenvalue weighted by Crippen LogP contribution is 2.31. The fourth-order valence-electron chi connectivity index (χ4n) is 2.80. The van der Waals surface area contributed by atoms with Gasteiger partial charge < -0.3 is 10.1 Å². The SMILES string of the molecule is O=C(/C=C/c1ccc(S(=O)(=O)N2CCOCC2)cc1)Nc1ccccc1SC(F)F. The quantitative estimate of drug-likeness (QED) is 0.510. The topological polar surface area (TPSA) is 75.7 Å². The zero-order valence-corrected chi connectivity index (χ0v) is 17.5. The minimum atomic E-state index is -3.58. The van der Waals surface area contributed by atoms with Gasteiger partial charge in [-0.15, -0.1) is 0 Å². The van der Waals surface area contributed by atoms with Gasteiger partial charge in [0.15, 0.2) is 0 Å². The lowest BCUT2D eigenvalue weighted by Gasteiger charge is -2.26. The van der Waals surface area contributed by atoms with Gasteiger partial charge in [0, 0.05) is 24.1 Å². The third-order valence-corrected chi connectivity index (χ3v) is 6.98. The molecule has 3 rings (SSSR count). The fraction of sp³-hybridized carbons (Fsp3) is 0.250. The lowest BCUT2D eigenvalue weighted by atomic mass is 10.2. The molecule has 0 aliphatic carbocycles. The smallest absolute Gasteiger partial charge is 0.288 e. The van der Waals surface area contributed by atoms with Gasteiger partial charge in [0.1, 0.15) is 0 Å². The molecule has 0 radical (unpaired) electrons. The first kappa shape index (κ1) is 22.4. The second-order valence-corrected chi connectivity index (χ2v) is 9.25. The molecule has 0 aromatic heterocycles. The maximum absolute atomic E-state index is 12.6. The van der Waals surface area contributed by atoms with Crippen LogP contribution in [0, 0.1) is 0 Å².